The molecule has 0 aliphatic heterocycles. The van der Waals surface area contributed by atoms with Crippen molar-refractivity contribution < 1.29 is 17.6 Å². The number of anilines is 1. The Morgan fingerprint density at radius 2 is 1.83 bits per heavy atom. The summed E-state index contributed by atoms with van der Waals surface area (Å²) in [6.45, 7) is 0. The van der Waals surface area contributed by atoms with Gasteiger partial charge in [-0.25, -0.2) is 17.5 Å². The molecule has 0 aromatic heterocycles. The second-order valence-corrected chi connectivity index (χ2v) is 7.42. The fourth-order valence-electron chi connectivity index (χ4n) is 2.29. The second kappa shape index (κ2) is 6.33. The minimum absolute atomic E-state index is 0.110. The summed E-state index contributed by atoms with van der Waals surface area (Å²) in [5.74, 6) is -1.29. The number of hydrogen-bond acceptors (Lipinski definition) is 3. The maximum absolute atomic E-state index is 14.0. The summed E-state index contributed by atoms with van der Waals surface area (Å²) >= 11 is 0. The van der Waals surface area contributed by atoms with E-state index < -0.39 is 26.6 Å². The van der Waals surface area contributed by atoms with Gasteiger partial charge in [-0.15, -0.1) is 0 Å². The summed E-state index contributed by atoms with van der Waals surface area (Å²) < 4.78 is 40.9. The molecule has 0 atom stereocenters. The summed E-state index contributed by atoms with van der Waals surface area (Å²) in [6, 6.07) is 12.2. The smallest absolute Gasteiger partial charge is 0.258 e. The zero-order chi connectivity index (χ0) is 17.3. The molecule has 7 heteroatoms. The van der Waals surface area contributed by atoms with Crippen molar-refractivity contribution in [3.63, 3.8) is 0 Å². The predicted molar refractivity (Wildman–Crippen MR) is 88.9 cm³/mol. The lowest BCUT2D eigenvalue weighted by molar-refractivity contribution is 0.0992. The number of rotatable bonds is 5. The van der Waals surface area contributed by atoms with Crippen molar-refractivity contribution in [1.29, 1.82) is 0 Å². The van der Waals surface area contributed by atoms with Gasteiger partial charge in [-0.05, 0) is 43.2 Å². The summed E-state index contributed by atoms with van der Waals surface area (Å²) in [4.78, 5) is 13.4. The highest BCUT2D eigenvalue weighted by atomic mass is 32.2. The van der Waals surface area contributed by atoms with Gasteiger partial charge >= 0.3 is 0 Å². The molecule has 1 saturated carbocycles. The fourth-order valence-corrected chi connectivity index (χ4v) is 3.70. The molecule has 0 bridgehead atoms. The highest BCUT2D eigenvalue weighted by molar-refractivity contribution is 7.89. The third kappa shape index (κ3) is 3.47. The van der Waals surface area contributed by atoms with Crippen molar-refractivity contribution in [1.82, 2.24) is 4.72 Å². The average molecular weight is 348 g/mol. The topological polar surface area (TPSA) is 66.5 Å². The van der Waals surface area contributed by atoms with E-state index in [0.29, 0.717) is 5.69 Å². The van der Waals surface area contributed by atoms with E-state index in [4.69, 9.17) is 0 Å². The molecule has 1 amide bonds. The van der Waals surface area contributed by atoms with E-state index in [9.17, 15) is 17.6 Å². The molecule has 1 N–H and O–H groups in total. The van der Waals surface area contributed by atoms with Gasteiger partial charge in [0.1, 0.15) is 10.7 Å². The van der Waals surface area contributed by atoms with Crippen molar-refractivity contribution in [2.24, 2.45) is 0 Å². The third-order valence-corrected chi connectivity index (χ3v) is 5.35. The Morgan fingerprint density at radius 3 is 2.46 bits per heavy atom. The van der Waals surface area contributed by atoms with Crippen LogP contribution in [0.2, 0.25) is 0 Å². The summed E-state index contributed by atoms with van der Waals surface area (Å²) in [5, 5.41) is 0. The second-order valence-electron chi connectivity index (χ2n) is 5.74. The Bertz CT molecular complexity index is 865. The van der Waals surface area contributed by atoms with Crippen LogP contribution in [0.15, 0.2) is 53.4 Å². The van der Waals surface area contributed by atoms with E-state index in [1.807, 2.05) is 6.07 Å². The fraction of sp³-hybridized carbons (Fsp3) is 0.235. The minimum Gasteiger partial charge on any atom is -0.311 e. The maximum Gasteiger partial charge on any atom is 0.258 e. The molecule has 1 aliphatic rings. The monoisotopic (exact) mass is 348 g/mol. The van der Waals surface area contributed by atoms with Gasteiger partial charge in [0, 0.05) is 24.3 Å². The molecule has 5 nitrogen and oxygen atoms in total. The summed E-state index contributed by atoms with van der Waals surface area (Å²) in [5.41, 5.74) is 0.770. The molecule has 24 heavy (non-hydrogen) atoms. The zero-order valence-corrected chi connectivity index (χ0v) is 13.9. The van der Waals surface area contributed by atoms with Gasteiger partial charge in [0.05, 0.1) is 0 Å². The molecule has 0 unspecified atom stereocenters. The van der Waals surface area contributed by atoms with Gasteiger partial charge in [-0.3, -0.25) is 4.79 Å². The van der Waals surface area contributed by atoms with Gasteiger partial charge in [0.2, 0.25) is 10.0 Å². The average Bonchev–Trinajstić information content (AvgIpc) is 3.38. The SMILES string of the molecule is CN(C(=O)c1ccc(F)c(S(=O)(=O)NC2CC2)c1)c1ccccc1. The van der Waals surface area contributed by atoms with Crippen LogP contribution in [0.1, 0.15) is 23.2 Å². The Morgan fingerprint density at radius 1 is 1.17 bits per heavy atom. The number of para-hydroxylation sites is 1. The van der Waals surface area contributed by atoms with Gasteiger partial charge in [0.25, 0.3) is 5.91 Å². The first-order valence-electron chi connectivity index (χ1n) is 7.53. The maximum atomic E-state index is 14.0. The summed E-state index contributed by atoms with van der Waals surface area (Å²) in [6.07, 6.45) is 1.49. The first-order valence-corrected chi connectivity index (χ1v) is 9.02. The molecule has 0 radical (unpaired) electrons. The molecular formula is C17H17FN2O3S. The molecule has 0 spiro atoms. The van der Waals surface area contributed by atoms with Crippen LogP contribution >= 0.6 is 0 Å². The number of nitrogens with one attached hydrogen (secondary N) is 1. The van der Waals surface area contributed by atoms with Crippen LogP contribution in [-0.4, -0.2) is 27.4 Å². The highest BCUT2D eigenvalue weighted by Crippen LogP contribution is 2.24. The molecule has 126 valence electrons. The van der Waals surface area contributed by atoms with Crippen LogP contribution in [0.5, 0.6) is 0 Å². The first-order chi connectivity index (χ1) is 11.4. The number of benzene rings is 2. The van der Waals surface area contributed by atoms with Crippen molar-refractivity contribution in [2.75, 3.05) is 11.9 Å². The van der Waals surface area contributed by atoms with Crippen molar-refractivity contribution in [3.8, 4) is 0 Å². The molecular weight excluding hydrogens is 331 g/mol. The van der Waals surface area contributed by atoms with Gasteiger partial charge < -0.3 is 4.90 Å². The number of sulfonamides is 1. The molecule has 0 saturated heterocycles. The van der Waals surface area contributed by atoms with Crippen LogP contribution in [0.3, 0.4) is 0 Å². The van der Waals surface area contributed by atoms with E-state index in [-0.39, 0.29) is 11.6 Å². The number of hydrogen-bond donors (Lipinski definition) is 1. The summed E-state index contributed by atoms with van der Waals surface area (Å²) in [7, 11) is -2.39. The Hall–Kier alpha value is -2.25. The van der Waals surface area contributed by atoms with E-state index in [1.54, 1.807) is 31.3 Å². The van der Waals surface area contributed by atoms with Crippen molar-refractivity contribution >= 4 is 21.6 Å². The molecule has 0 heterocycles. The van der Waals surface area contributed by atoms with E-state index in [0.717, 1.165) is 25.0 Å². The van der Waals surface area contributed by atoms with Crippen molar-refractivity contribution in [3.05, 3.63) is 59.9 Å². The lowest BCUT2D eigenvalue weighted by Gasteiger charge is -2.18. The van der Waals surface area contributed by atoms with Gasteiger partial charge in [-0.2, -0.15) is 0 Å². The van der Waals surface area contributed by atoms with Crippen LogP contribution in [0.4, 0.5) is 10.1 Å². The number of nitrogens with zero attached hydrogens (tertiary/aromatic N) is 1. The number of carbonyl (C=O) groups is 1. The standard InChI is InChI=1S/C17H17FN2O3S/c1-20(14-5-3-2-4-6-14)17(21)12-7-10-15(18)16(11-12)24(22,23)19-13-8-9-13/h2-7,10-11,13,19H,8-9H2,1H3. The van der Waals surface area contributed by atoms with Crippen LogP contribution in [-0.2, 0) is 10.0 Å². The number of halogens is 1. The normalized spacial score (nSPS) is 14.4. The molecule has 1 fully saturated rings. The van der Waals surface area contributed by atoms with Crippen LogP contribution < -0.4 is 9.62 Å². The van der Waals surface area contributed by atoms with E-state index in [1.165, 1.54) is 11.0 Å². The Kier molecular flexibility index (Phi) is 4.38. The Balaban J connectivity index is 1.91. The van der Waals surface area contributed by atoms with Crippen molar-refractivity contribution in [2.45, 2.75) is 23.8 Å². The first kappa shape index (κ1) is 16.6. The lowest BCUT2D eigenvalue weighted by Crippen LogP contribution is -2.29. The Labute approximate surface area is 140 Å². The van der Waals surface area contributed by atoms with Crippen LogP contribution in [0, 0.1) is 5.82 Å². The molecule has 2 aromatic rings. The largest absolute Gasteiger partial charge is 0.311 e. The van der Waals surface area contributed by atoms with Gasteiger partial charge in [0.15, 0.2) is 0 Å². The number of amides is 1. The van der Waals surface area contributed by atoms with E-state index >= 15 is 0 Å². The molecule has 2 aromatic carbocycles. The molecule has 3 rings (SSSR count). The zero-order valence-electron chi connectivity index (χ0n) is 13.1. The minimum atomic E-state index is -3.97. The quantitative estimate of drug-likeness (QED) is 0.903. The van der Waals surface area contributed by atoms with E-state index in [2.05, 4.69) is 4.72 Å². The highest BCUT2D eigenvalue weighted by Gasteiger charge is 2.30. The number of carbonyl (C=O) groups excluding carboxylic acids is 1. The third-order valence-electron chi connectivity index (χ3n) is 3.81. The molecule has 1 aliphatic carbocycles. The van der Waals surface area contributed by atoms with Gasteiger partial charge in [-0.1, -0.05) is 18.2 Å². The predicted octanol–water partition coefficient (Wildman–Crippen LogP) is 2.54. The lowest BCUT2D eigenvalue weighted by atomic mass is 10.2. The van der Waals surface area contributed by atoms with Crippen LogP contribution in [0.25, 0.3) is 0 Å².